The minimum Gasteiger partial charge on any atom is -0.493 e. The van der Waals surface area contributed by atoms with Gasteiger partial charge in [0.1, 0.15) is 6.10 Å². The van der Waals surface area contributed by atoms with E-state index < -0.39 is 6.10 Å². The Bertz CT molecular complexity index is 795. The van der Waals surface area contributed by atoms with Crippen LogP contribution in [0.2, 0.25) is 0 Å². The number of hydrogen-bond donors (Lipinski definition) is 1. The molecule has 0 heterocycles. The summed E-state index contributed by atoms with van der Waals surface area (Å²) in [6.07, 6.45) is -0.713. The first-order valence-electron chi connectivity index (χ1n) is 7.78. The van der Waals surface area contributed by atoms with Crippen LogP contribution in [0.3, 0.4) is 0 Å². The van der Waals surface area contributed by atoms with Crippen molar-refractivity contribution in [3.05, 3.63) is 83.9 Å². The SMILES string of the molecule is COc1ccc([C@H](O)c2ccc(-c3ccccc3)cc2)cc1OC. The quantitative estimate of drug-likeness (QED) is 0.754. The second kappa shape index (κ2) is 7.20. The van der Waals surface area contributed by atoms with Gasteiger partial charge in [-0.1, -0.05) is 60.7 Å². The largest absolute Gasteiger partial charge is 0.493 e. The van der Waals surface area contributed by atoms with Crippen LogP contribution < -0.4 is 9.47 Å². The average molecular weight is 320 g/mol. The minimum absolute atomic E-state index is 0.606. The van der Waals surface area contributed by atoms with Crippen molar-refractivity contribution in [3.63, 3.8) is 0 Å². The summed E-state index contributed by atoms with van der Waals surface area (Å²) in [5.41, 5.74) is 3.88. The highest BCUT2D eigenvalue weighted by molar-refractivity contribution is 5.63. The molecule has 0 spiro atoms. The maximum Gasteiger partial charge on any atom is 0.161 e. The van der Waals surface area contributed by atoms with Gasteiger partial charge >= 0.3 is 0 Å². The highest BCUT2D eigenvalue weighted by atomic mass is 16.5. The Morgan fingerprint density at radius 2 is 1.25 bits per heavy atom. The number of aliphatic hydroxyl groups excluding tert-OH is 1. The average Bonchev–Trinajstić information content (AvgIpc) is 2.67. The summed E-state index contributed by atoms with van der Waals surface area (Å²) in [6.45, 7) is 0. The predicted octanol–water partition coefficient (Wildman–Crippen LogP) is 4.45. The lowest BCUT2D eigenvalue weighted by atomic mass is 9.98. The molecule has 122 valence electrons. The molecule has 0 unspecified atom stereocenters. The Balaban J connectivity index is 1.86. The molecule has 3 heteroatoms. The molecule has 0 bridgehead atoms. The first kappa shape index (κ1) is 16.1. The second-order valence-electron chi connectivity index (χ2n) is 5.50. The molecule has 0 aliphatic carbocycles. The van der Waals surface area contributed by atoms with E-state index >= 15 is 0 Å². The van der Waals surface area contributed by atoms with E-state index in [0.717, 1.165) is 22.3 Å². The van der Waals surface area contributed by atoms with E-state index in [4.69, 9.17) is 9.47 Å². The summed E-state index contributed by atoms with van der Waals surface area (Å²) in [7, 11) is 3.18. The fraction of sp³-hybridized carbons (Fsp3) is 0.143. The van der Waals surface area contributed by atoms with Crippen molar-refractivity contribution >= 4 is 0 Å². The highest BCUT2D eigenvalue weighted by Gasteiger charge is 2.14. The number of methoxy groups -OCH3 is 2. The third-order valence-electron chi connectivity index (χ3n) is 4.06. The monoisotopic (exact) mass is 320 g/mol. The second-order valence-corrected chi connectivity index (χ2v) is 5.50. The van der Waals surface area contributed by atoms with Crippen molar-refractivity contribution in [2.24, 2.45) is 0 Å². The maximum atomic E-state index is 10.6. The van der Waals surface area contributed by atoms with E-state index in [0.29, 0.717) is 11.5 Å². The van der Waals surface area contributed by atoms with Gasteiger partial charge in [-0.15, -0.1) is 0 Å². The molecule has 0 fully saturated rings. The first-order chi connectivity index (χ1) is 11.7. The van der Waals surface area contributed by atoms with Crippen LogP contribution in [0.25, 0.3) is 11.1 Å². The molecule has 3 nitrogen and oxygen atoms in total. The van der Waals surface area contributed by atoms with Gasteiger partial charge in [0, 0.05) is 0 Å². The van der Waals surface area contributed by atoms with Crippen molar-refractivity contribution < 1.29 is 14.6 Å². The maximum absolute atomic E-state index is 10.6. The lowest BCUT2D eigenvalue weighted by Gasteiger charge is -2.15. The van der Waals surface area contributed by atoms with Gasteiger partial charge in [0.05, 0.1) is 14.2 Å². The zero-order valence-corrected chi connectivity index (χ0v) is 13.8. The zero-order chi connectivity index (χ0) is 16.9. The van der Waals surface area contributed by atoms with Crippen LogP contribution in [0.5, 0.6) is 11.5 Å². The number of ether oxygens (including phenoxy) is 2. The van der Waals surface area contributed by atoms with Crippen molar-refractivity contribution in [2.75, 3.05) is 14.2 Å². The summed E-state index contributed by atoms with van der Waals surface area (Å²) >= 11 is 0. The Hall–Kier alpha value is -2.78. The van der Waals surface area contributed by atoms with E-state index in [2.05, 4.69) is 12.1 Å². The van der Waals surface area contributed by atoms with Gasteiger partial charge in [0.2, 0.25) is 0 Å². The van der Waals surface area contributed by atoms with Gasteiger partial charge in [-0.3, -0.25) is 0 Å². The van der Waals surface area contributed by atoms with Crippen LogP contribution >= 0.6 is 0 Å². The third kappa shape index (κ3) is 3.26. The molecule has 3 aromatic rings. The van der Waals surface area contributed by atoms with E-state index in [1.54, 1.807) is 26.4 Å². The highest BCUT2D eigenvalue weighted by Crippen LogP contribution is 2.32. The lowest BCUT2D eigenvalue weighted by Crippen LogP contribution is -2.01. The van der Waals surface area contributed by atoms with Crippen molar-refractivity contribution in [1.29, 1.82) is 0 Å². The summed E-state index contributed by atoms with van der Waals surface area (Å²) in [6, 6.07) is 23.6. The minimum atomic E-state index is -0.713. The Morgan fingerprint density at radius 3 is 1.88 bits per heavy atom. The van der Waals surface area contributed by atoms with Gasteiger partial charge in [-0.25, -0.2) is 0 Å². The summed E-state index contributed by atoms with van der Waals surface area (Å²) < 4.78 is 10.5. The van der Waals surface area contributed by atoms with Crippen LogP contribution in [0.4, 0.5) is 0 Å². The van der Waals surface area contributed by atoms with Crippen molar-refractivity contribution in [1.82, 2.24) is 0 Å². The van der Waals surface area contributed by atoms with Gasteiger partial charge in [-0.05, 0) is 34.4 Å². The summed E-state index contributed by atoms with van der Waals surface area (Å²) in [5.74, 6) is 1.25. The van der Waals surface area contributed by atoms with Crippen LogP contribution in [0, 0.1) is 0 Å². The van der Waals surface area contributed by atoms with Crippen molar-refractivity contribution in [3.8, 4) is 22.6 Å². The van der Waals surface area contributed by atoms with Gasteiger partial charge in [0.15, 0.2) is 11.5 Å². The van der Waals surface area contributed by atoms with E-state index in [-0.39, 0.29) is 0 Å². The fourth-order valence-corrected chi connectivity index (χ4v) is 2.70. The molecule has 0 saturated heterocycles. The first-order valence-corrected chi connectivity index (χ1v) is 7.78. The predicted molar refractivity (Wildman–Crippen MR) is 95.5 cm³/mol. The van der Waals surface area contributed by atoms with Crippen LogP contribution in [-0.2, 0) is 0 Å². The van der Waals surface area contributed by atoms with Crippen molar-refractivity contribution in [2.45, 2.75) is 6.10 Å². The number of benzene rings is 3. The molecule has 0 aromatic heterocycles. The molecule has 3 rings (SSSR count). The van der Waals surface area contributed by atoms with Crippen LogP contribution in [-0.4, -0.2) is 19.3 Å². The molecule has 0 aliphatic rings. The molecule has 1 atom stereocenters. The molecular formula is C21H20O3. The molecular weight excluding hydrogens is 300 g/mol. The van der Waals surface area contributed by atoms with E-state index in [1.807, 2.05) is 48.5 Å². The molecule has 0 amide bonds. The number of hydrogen-bond acceptors (Lipinski definition) is 3. The third-order valence-corrected chi connectivity index (χ3v) is 4.06. The molecule has 1 N–H and O–H groups in total. The Kier molecular flexibility index (Phi) is 4.82. The van der Waals surface area contributed by atoms with Gasteiger partial charge in [0.25, 0.3) is 0 Å². The van der Waals surface area contributed by atoms with Crippen LogP contribution in [0.15, 0.2) is 72.8 Å². The molecule has 24 heavy (non-hydrogen) atoms. The smallest absolute Gasteiger partial charge is 0.161 e. The van der Waals surface area contributed by atoms with Gasteiger partial charge in [-0.2, -0.15) is 0 Å². The normalized spacial score (nSPS) is 11.8. The Morgan fingerprint density at radius 1 is 0.667 bits per heavy atom. The lowest BCUT2D eigenvalue weighted by molar-refractivity contribution is 0.219. The van der Waals surface area contributed by atoms with Gasteiger partial charge < -0.3 is 14.6 Å². The molecule has 0 aliphatic heterocycles. The summed E-state index contributed by atoms with van der Waals surface area (Å²) in [4.78, 5) is 0. The molecule has 3 aromatic carbocycles. The standard InChI is InChI=1S/C21H20O3/c1-23-19-13-12-18(14-20(19)24-2)21(22)17-10-8-16(9-11-17)15-6-4-3-5-7-15/h3-14,21-22H,1-2H3/t21-/m1/s1. The Labute approximate surface area is 142 Å². The topological polar surface area (TPSA) is 38.7 Å². The zero-order valence-electron chi connectivity index (χ0n) is 13.8. The van der Waals surface area contributed by atoms with E-state index in [9.17, 15) is 5.11 Å². The van der Waals surface area contributed by atoms with Crippen LogP contribution in [0.1, 0.15) is 17.2 Å². The molecule has 0 radical (unpaired) electrons. The molecule has 0 saturated carbocycles. The number of rotatable bonds is 5. The number of aliphatic hydroxyl groups is 1. The summed E-state index contributed by atoms with van der Waals surface area (Å²) in [5, 5.41) is 10.6. The fourth-order valence-electron chi connectivity index (χ4n) is 2.70. The van der Waals surface area contributed by atoms with E-state index in [1.165, 1.54) is 0 Å².